The summed E-state index contributed by atoms with van der Waals surface area (Å²) in [7, 11) is 0. The molecule has 0 saturated heterocycles. The van der Waals surface area contributed by atoms with E-state index < -0.39 is 11.5 Å². The molecule has 5 heteroatoms. The molecule has 0 amide bonds. The third-order valence-electron chi connectivity index (χ3n) is 1.96. The van der Waals surface area contributed by atoms with E-state index in [0.717, 1.165) is 0 Å². The van der Waals surface area contributed by atoms with Gasteiger partial charge in [-0.3, -0.25) is 0 Å². The molecule has 0 spiro atoms. The Bertz CT molecular complexity index is 376. The van der Waals surface area contributed by atoms with Crippen LogP contribution < -0.4 is 5.73 Å². The highest BCUT2D eigenvalue weighted by atomic mass is 35.5. The Morgan fingerprint density at radius 1 is 1.57 bits per heavy atom. The lowest BCUT2D eigenvalue weighted by Crippen LogP contribution is -2.41. The van der Waals surface area contributed by atoms with Crippen LogP contribution in [-0.2, 0) is 10.3 Å². The minimum Gasteiger partial charge on any atom is -0.508 e. The summed E-state index contributed by atoms with van der Waals surface area (Å²) in [6.45, 7) is 1.29. The van der Waals surface area contributed by atoms with E-state index in [2.05, 4.69) is 0 Å². The van der Waals surface area contributed by atoms with Crippen LogP contribution in [0.4, 0.5) is 0 Å². The molecular formula is C9H10ClNO3. The predicted octanol–water partition coefficient (Wildman–Crippen LogP) is 1.30. The second kappa shape index (κ2) is 3.48. The molecule has 0 aliphatic carbocycles. The van der Waals surface area contributed by atoms with Gasteiger partial charge >= 0.3 is 5.97 Å². The second-order valence-corrected chi connectivity index (χ2v) is 3.61. The van der Waals surface area contributed by atoms with Gasteiger partial charge in [0.15, 0.2) is 0 Å². The Labute approximate surface area is 85.9 Å². The lowest BCUT2D eigenvalue weighted by Gasteiger charge is -2.20. The van der Waals surface area contributed by atoms with Crippen LogP contribution in [-0.4, -0.2) is 16.2 Å². The van der Waals surface area contributed by atoms with Crippen molar-refractivity contribution in [1.82, 2.24) is 0 Å². The number of carboxylic acids is 1. The fraction of sp³-hybridized carbons (Fsp3) is 0.222. The lowest BCUT2D eigenvalue weighted by atomic mass is 9.92. The zero-order valence-corrected chi connectivity index (χ0v) is 8.25. The summed E-state index contributed by atoms with van der Waals surface area (Å²) in [6, 6.07) is 4.11. The van der Waals surface area contributed by atoms with Gasteiger partial charge in [0.2, 0.25) is 0 Å². The molecule has 1 aromatic rings. The van der Waals surface area contributed by atoms with Crippen LogP contribution in [0.5, 0.6) is 5.75 Å². The van der Waals surface area contributed by atoms with Crippen molar-refractivity contribution < 1.29 is 15.0 Å². The quantitative estimate of drug-likeness (QED) is 0.695. The van der Waals surface area contributed by atoms with E-state index in [-0.39, 0.29) is 11.3 Å². The van der Waals surface area contributed by atoms with Gasteiger partial charge in [-0.05, 0) is 25.1 Å². The summed E-state index contributed by atoms with van der Waals surface area (Å²) in [5.74, 6) is -1.41. The van der Waals surface area contributed by atoms with Gasteiger partial charge in [-0.2, -0.15) is 0 Å². The highest BCUT2D eigenvalue weighted by Crippen LogP contribution is 2.29. The summed E-state index contributed by atoms with van der Waals surface area (Å²) in [5, 5.41) is 18.6. The number of phenolic OH excluding ortho intramolecular Hbond substituents is 1. The van der Waals surface area contributed by atoms with Crippen LogP contribution in [0.1, 0.15) is 12.5 Å². The summed E-state index contributed by atoms with van der Waals surface area (Å²) >= 11 is 5.67. The van der Waals surface area contributed by atoms with Crippen molar-refractivity contribution in [3.8, 4) is 5.75 Å². The molecule has 0 aliphatic heterocycles. The van der Waals surface area contributed by atoms with Gasteiger partial charge in [0.1, 0.15) is 11.3 Å². The number of aromatic hydroxyl groups is 1. The monoisotopic (exact) mass is 215 g/mol. The first kappa shape index (κ1) is 10.8. The third-order valence-corrected chi connectivity index (χ3v) is 2.20. The first-order chi connectivity index (χ1) is 6.35. The molecule has 0 aromatic heterocycles. The zero-order valence-electron chi connectivity index (χ0n) is 7.49. The van der Waals surface area contributed by atoms with E-state index in [4.69, 9.17) is 22.4 Å². The van der Waals surface area contributed by atoms with Gasteiger partial charge in [0, 0.05) is 10.6 Å². The van der Waals surface area contributed by atoms with Gasteiger partial charge < -0.3 is 15.9 Å². The van der Waals surface area contributed by atoms with Crippen molar-refractivity contribution in [3.05, 3.63) is 28.8 Å². The smallest absolute Gasteiger partial charge is 0.328 e. The summed E-state index contributed by atoms with van der Waals surface area (Å²) in [5.41, 5.74) is 3.98. The van der Waals surface area contributed by atoms with Crippen molar-refractivity contribution in [3.63, 3.8) is 0 Å². The Morgan fingerprint density at radius 2 is 2.14 bits per heavy atom. The van der Waals surface area contributed by atoms with E-state index in [1.165, 1.54) is 25.1 Å². The number of phenols is 1. The largest absolute Gasteiger partial charge is 0.508 e. The Kier molecular flexibility index (Phi) is 2.69. The van der Waals surface area contributed by atoms with E-state index in [1.807, 2.05) is 0 Å². The van der Waals surface area contributed by atoms with Gasteiger partial charge in [0.25, 0.3) is 0 Å². The fourth-order valence-corrected chi connectivity index (χ4v) is 1.21. The lowest BCUT2D eigenvalue weighted by molar-refractivity contribution is -0.143. The van der Waals surface area contributed by atoms with Crippen molar-refractivity contribution >= 4 is 17.6 Å². The maximum atomic E-state index is 10.8. The van der Waals surface area contributed by atoms with E-state index in [9.17, 15) is 9.90 Å². The summed E-state index contributed by atoms with van der Waals surface area (Å²) < 4.78 is 0. The van der Waals surface area contributed by atoms with Crippen LogP contribution in [0.3, 0.4) is 0 Å². The molecule has 1 rings (SSSR count). The van der Waals surface area contributed by atoms with E-state index >= 15 is 0 Å². The number of hydrogen-bond acceptors (Lipinski definition) is 3. The highest BCUT2D eigenvalue weighted by Gasteiger charge is 2.32. The van der Waals surface area contributed by atoms with Crippen molar-refractivity contribution in [2.24, 2.45) is 5.73 Å². The Hall–Kier alpha value is -1.26. The number of benzene rings is 1. The van der Waals surface area contributed by atoms with E-state index in [1.54, 1.807) is 0 Å². The highest BCUT2D eigenvalue weighted by molar-refractivity contribution is 6.30. The number of carbonyl (C=O) groups is 1. The first-order valence-corrected chi connectivity index (χ1v) is 4.24. The number of carboxylic acid groups (broad SMARTS) is 1. The number of nitrogens with two attached hydrogens (primary N) is 1. The van der Waals surface area contributed by atoms with E-state index in [0.29, 0.717) is 5.02 Å². The summed E-state index contributed by atoms with van der Waals surface area (Å²) in [6.07, 6.45) is 0. The van der Waals surface area contributed by atoms with Gasteiger partial charge in [-0.25, -0.2) is 4.79 Å². The average Bonchev–Trinajstić information content (AvgIpc) is 2.08. The molecule has 14 heavy (non-hydrogen) atoms. The number of rotatable bonds is 2. The van der Waals surface area contributed by atoms with Gasteiger partial charge in [0.05, 0.1) is 0 Å². The van der Waals surface area contributed by atoms with Crippen LogP contribution in [0.15, 0.2) is 18.2 Å². The molecule has 1 unspecified atom stereocenters. The summed E-state index contributed by atoms with van der Waals surface area (Å²) in [4.78, 5) is 10.8. The normalized spacial score (nSPS) is 14.8. The molecule has 0 aliphatic rings. The molecule has 1 aromatic carbocycles. The number of aliphatic carboxylic acids is 1. The Morgan fingerprint density at radius 3 is 2.64 bits per heavy atom. The van der Waals surface area contributed by atoms with Crippen molar-refractivity contribution in [2.45, 2.75) is 12.5 Å². The third kappa shape index (κ3) is 1.81. The SMILES string of the molecule is CC(N)(C(=O)O)c1cc(Cl)ccc1O. The van der Waals surface area contributed by atoms with Crippen LogP contribution in [0.2, 0.25) is 5.02 Å². The first-order valence-electron chi connectivity index (χ1n) is 3.87. The molecule has 0 heterocycles. The minimum absolute atomic E-state index is 0.0949. The number of halogens is 1. The minimum atomic E-state index is -1.64. The molecule has 0 fully saturated rings. The molecule has 1 atom stereocenters. The predicted molar refractivity (Wildman–Crippen MR) is 52.3 cm³/mol. The van der Waals surface area contributed by atoms with Gasteiger partial charge in [-0.1, -0.05) is 11.6 Å². The standard InChI is InChI=1S/C9H10ClNO3/c1-9(11,8(13)14)6-4-5(10)2-3-7(6)12/h2-4,12H,11H2,1H3,(H,13,14). The van der Waals surface area contributed by atoms with Gasteiger partial charge in [-0.15, -0.1) is 0 Å². The van der Waals surface area contributed by atoms with Crippen LogP contribution >= 0.6 is 11.6 Å². The fourth-order valence-electron chi connectivity index (χ4n) is 1.04. The molecule has 0 bridgehead atoms. The maximum absolute atomic E-state index is 10.8. The Balaban J connectivity index is 3.31. The molecular weight excluding hydrogens is 206 g/mol. The zero-order chi connectivity index (χ0) is 10.9. The molecule has 0 saturated carbocycles. The molecule has 76 valence electrons. The maximum Gasteiger partial charge on any atom is 0.328 e. The van der Waals surface area contributed by atoms with Crippen molar-refractivity contribution in [2.75, 3.05) is 0 Å². The van der Waals surface area contributed by atoms with Crippen molar-refractivity contribution in [1.29, 1.82) is 0 Å². The van der Waals surface area contributed by atoms with Crippen LogP contribution in [0, 0.1) is 0 Å². The average molecular weight is 216 g/mol. The van der Waals surface area contributed by atoms with Crippen LogP contribution in [0.25, 0.3) is 0 Å². The number of hydrogen-bond donors (Lipinski definition) is 3. The molecule has 0 radical (unpaired) electrons. The second-order valence-electron chi connectivity index (χ2n) is 3.17. The molecule has 4 N–H and O–H groups in total. The topological polar surface area (TPSA) is 83.6 Å². The molecule has 4 nitrogen and oxygen atoms in total.